The molecule has 0 aliphatic carbocycles. The molecule has 2 aliphatic rings. The van der Waals surface area contributed by atoms with E-state index >= 15 is 0 Å². The van der Waals surface area contributed by atoms with Crippen molar-refractivity contribution in [1.29, 1.82) is 0 Å². The van der Waals surface area contributed by atoms with Crippen LogP contribution in [0.25, 0.3) is 0 Å². The molecule has 0 aromatic heterocycles. The van der Waals surface area contributed by atoms with Gasteiger partial charge >= 0.3 is 0 Å². The number of benzene rings is 1. The molecule has 0 atom stereocenters. The molecular weight excluding hydrogens is 428 g/mol. The van der Waals surface area contributed by atoms with Gasteiger partial charge in [0.15, 0.2) is 0 Å². The quantitative estimate of drug-likeness (QED) is 0.600. The molecule has 1 N–H and O–H groups in total. The monoisotopic (exact) mass is 466 g/mol. The van der Waals surface area contributed by atoms with Gasteiger partial charge in [0.25, 0.3) is 0 Å². The third kappa shape index (κ3) is 6.99. The summed E-state index contributed by atoms with van der Waals surface area (Å²) < 4.78 is 31.9. The van der Waals surface area contributed by atoms with E-state index in [2.05, 4.69) is 15.1 Å². The van der Waals surface area contributed by atoms with Gasteiger partial charge in [-0.1, -0.05) is 0 Å². The van der Waals surface area contributed by atoms with Gasteiger partial charge in [-0.2, -0.15) is 4.31 Å². The smallest absolute Gasteiger partial charge is 0.243 e. The predicted octanol–water partition coefficient (Wildman–Crippen LogP) is 2.09. The number of anilines is 1. The van der Waals surface area contributed by atoms with Crippen molar-refractivity contribution in [2.75, 3.05) is 64.8 Å². The number of morpholine rings is 1. The molecule has 0 saturated carbocycles. The molecule has 8 nitrogen and oxygen atoms in total. The largest absolute Gasteiger partial charge is 0.379 e. The maximum Gasteiger partial charge on any atom is 0.243 e. The molecule has 0 spiro atoms. The van der Waals surface area contributed by atoms with Crippen LogP contribution < -0.4 is 5.32 Å². The van der Waals surface area contributed by atoms with Crippen LogP contribution in [0.3, 0.4) is 0 Å². The molecule has 1 amide bonds. The first-order chi connectivity index (χ1) is 15.3. The second-order valence-corrected chi connectivity index (χ2v) is 11.1. The predicted molar refractivity (Wildman–Crippen MR) is 126 cm³/mol. The van der Waals surface area contributed by atoms with Crippen molar-refractivity contribution >= 4 is 21.6 Å². The topological polar surface area (TPSA) is 82.2 Å². The van der Waals surface area contributed by atoms with E-state index in [0.29, 0.717) is 12.2 Å². The number of piperidine rings is 1. The Balaban J connectivity index is 1.40. The highest BCUT2D eigenvalue weighted by Gasteiger charge is 2.24. The number of rotatable bonds is 9. The van der Waals surface area contributed by atoms with Gasteiger partial charge in [-0.3, -0.25) is 14.6 Å². The molecule has 0 radical (unpaired) electrons. The van der Waals surface area contributed by atoms with Gasteiger partial charge < -0.3 is 10.1 Å². The Morgan fingerprint density at radius 3 is 2.31 bits per heavy atom. The Morgan fingerprint density at radius 1 is 1.09 bits per heavy atom. The first-order valence-electron chi connectivity index (χ1n) is 11.7. The zero-order valence-electron chi connectivity index (χ0n) is 19.6. The van der Waals surface area contributed by atoms with E-state index in [1.807, 2.05) is 13.8 Å². The van der Waals surface area contributed by atoms with E-state index in [-0.39, 0.29) is 16.8 Å². The van der Waals surface area contributed by atoms with Crippen molar-refractivity contribution in [1.82, 2.24) is 14.1 Å². The van der Waals surface area contributed by atoms with Gasteiger partial charge in [-0.15, -0.1) is 0 Å². The molecule has 2 saturated heterocycles. The molecule has 2 fully saturated rings. The molecule has 0 bridgehead atoms. The molecule has 3 rings (SSSR count). The van der Waals surface area contributed by atoms with Crippen LogP contribution in [0, 0.1) is 5.92 Å². The lowest BCUT2D eigenvalue weighted by Crippen LogP contribution is -2.41. The summed E-state index contributed by atoms with van der Waals surface area (Å²) in [7, 11) is -1.95. The third-order valence-corrected chi connectivity index (χ3v) is 8.62. The Hall–Kier alpha value is -1.52. The van der Waals surface area contributed by atoms with Crippen LogP contribution >= 0.6 is 0 Å². The van der Waals surface area contributed by atoms with E-state index < -0.39 is 10.0 Å². The summed E-state index contributed by atoms with van der Waals surface area (Å²) in [5, 5.41) is 2.89. The molecule has 0 unspecified atom stereocenters. The third-order valence-electron chi connectivity index (χ3n) is 6.57. The Morgan fingerprint density at radius 2 is 1.72 bits per heavy atom. The summed E-state index contributed by atoms with van der Waals surface area (Å²) >= 11 is 0. The standard InChI is InChI=1S/C23H38N4O4S/c1-19(2)25(3)32(29,30)22-6-4-21(5-7-22)24-23(28)18-27-12-9-20(10-13-27)8-11-26-14-16-31-17-15-26/h4-7,19-20H,8-18H2,1-3H3,(H,24,28). The molecule has 2 heterocycles. The average Bonchev–Trinajstić information content (AvgIpc) is 2.79. The Kier molecular flexibility index (Phi) is 9.07. The van der Waals surface area contributed by atoms with E-state index in [9.17, 15) is 13.2 Å². The lowest BCUT2D eigenvalue weighted by Gasteiger charge is -2.33. The lowest BCUT2D eigenvalue weighted by molar-refractivity contribution is -0.117. The Labute approximate surface area is 192 Å². The van der Waals surface area contributed by atoms with Gasteiger partial charge in [-0.05, 0) is 82.9 Å². The number of ether oxygens (including phenoxy) is 1. The number of hydrogen-bond donors (Lipinski definition) is 1. The van der Waals surface area contributed by atoms with E-state index in [1.165, 1.54) is 10.7 Å². The normalized spacial score (nSPS) is 19.5. The summed E-state index contributed by atoms with van der Waals surface area (Å²) in [6, 6.07) is 6.27. The number of nitrogens with one attached hydrogen (secondary N) is 1. The summed E-state index contributed by atoms with van der Waals surface area (Å²) in [6.07, 6.45) is 3.49. The second kappa shape index (κ2) is 11.6. The minimum atomic E-state index is -3.52. The van der Waals surface area contributed by atoms with Crippen molar-refractivity contribution in [3.05, 3.63) is 24.3 Å². The van der Waals surface area contributed by atoms with Crippen LogP contribution in [0.4, 0.5) is 5.69 Å². The van der Waals surface area contributed by atoms with Crippen molar-refractivity contribution in [2.45, 2.75) is 44.0 Å². The first kappa shape index (κ1) is 25.1. The maximum atomic E-state index is 12.6. The van der Waals surface area contributed by atoms with E-state index in [1.54, 1.807) is 31.3 Å². The second-order valence-electron chi connectivity index (χ2n) is 9.15. The fourth-order valence-corrected chi connectivity index (χ4v) is 5.55. The summed E-state index contributed by atoms with van der Waals surface area (Å²) in [5.41, 5.74) is 0.613. The van der Waals surface area contributed by atoms with Crippen LogP contribution in [0.2, 0.25) is 0 Å². The van der Waals surface area contributed by atoms with Crippen molar-refractivity contribution in [2.24, 2.45) is 5.92 Å². The average molecular weight is 467 g/mol. The van der Waals surface area contributed by atoms with Crippen LogP contribution in [0.15, 0.2) is 29.2 Å². The number of carbonyl (C=O) groups excluding carboxylic acids is 1. The number of hydrogen-bond acceptors (Lipinski definition) is 6. The fraction of sp³-hybridized carbons (Fsp3) is 0.696. The number of likely N-dealkylation sites (tertiary alicyclic amines) is 1. The zero-order chi connectivity index (χ0) is 23.1. The lowest BCUT2D eigenvalue weighted by atomic mass is 9.93. The number of sulfonamides is 1. The highest BCUT2D eigenvalue weighted by atomic mass is 32.2. The summed E-state index contributed by atoms with van der Waals surface area (Å²) in [4.78, 5) is 17.4. The van der Waals surface area contributed by atoms with Crippen LogP contribution in [-0.2, 0) is 19.6 Å². The van der Waals surface area contributed by atoms with Gasteiger partial charge in [0.2, 0.25) is 15.9 Å². The SMILES string of the molecule is CC(C)N(C)S(=O)(=O)c1ccc(NC(=O)CN2CCC(CCN3CCOCC3)CC2)cc1. The minimum Gasteiger partial charge on any atom is -0.379 e. The summed E-state index contributed by atoms with van der Waals surface area (Å²) in [5.74, 6) is 0.669. The van der Waals surface area contributed by atoms with Crippen LogP contribution in [0.1, 0.15) is 33.1 Å². The van der Waals surface area contributed by atoms with Gasteiger partial charge in [-0.25, -0.2) is 8.42 Å². The summed E-state index contributed by atoms with van der Waals surface area (Å²) in [6.45, 7) is 10.8. The fourth-order valence-electron chi connectivity index (χ4n) is 4.18. The molecule has 9 heteroatoms. The Bertz CT molecular complexity index is 830. The molecule has 180 valence electrons. The van der Waals surface area contributed by atoms with Crippen LogP contribution in [0.5, 0.6) is 0 Å². The molecule has 32 heavy (non-hydrogen) atoms. The minimum absolute atomic E-state index is 0.0633. The zero-order valence-corrected chi connectivity index (χ0v) is 20.4. The van der Waals surface area contributed by atoms with Gasteiger partial charge in [0.1, 0.15) is 0 Å². The van der Waals surface area contributed by atoms with E-state index in [0.717, 1.165) is 64.7 Å². The van der Waals surface area contributed by atoms with Crippen molar-refractivity contribution in [3.63, 3.8) is 0 Å². The van der Waals surface area contributed by atoms with E-state index in [4.69, 9.17) is 4.74 Å². The number of carbonyl (C=O) groups is 1. The van der Waals surface area contributed by atoms with Crippen molar-refractivity contribution in [3.8, 4) is 0 Å². The molecule has 1 aromatic rings. The first-order valence-corrected chi connectivity index (χ1v) is 13.1. The molecule has 1 aromatic carbocycles. The number of amides is 1. The highest BCUT2D eigenvalue weighted by molar-refractivity contribution is 7.89. The van der Waals surface area contributed by atoms with Crippen LogP contribution in [-0.4, -0.2) is 94.0 Å². The van der Waals surface area contributed by atoms with Gasteiger partial charge in [0.05, 0.1) is 24.7 Å². The molecular formula is C23H38N4O4S. The van der Waals surface area contributed by atoms with Gasteiger partial charge in [0, 0.05) is 31.9 Å². The number of nitrogens with zero attached hydrogens (tertiary/aromatic N) is 3. The molecule has 2 aliphatic heterocycles. The highest BCUT2D eigenvalue weighted by Crippen LogP contribution is 2.22. The van der Waals surface area contributed by atoms with Crippen molar-refractivity contribution < 1.29 is 17.9 Å². The maximum absolute atomic E-state index is 12.6.